The third kappa shape index (κ3) is 4.18. The van der Waals surface area contributed by atoms with Crippen molar-refractivity contribution in [3.8, 4) is 0 Å². The van der Waals surface area contributed by atoms with Crippen LogP contribution in [0, 0.1) is 5.92 Å². The second kappa shape index (κ2) is 5.58. The quantitative estimate of drug-likeness (QED) is 0.768. The molecule has 1 amide bonds. The molecule has 0 bridgehead atoms. The molecule has 15 heavy (non-hydrogen) atoms. The van der Waals surface area contributed by atoms with Crippen molar-refractivity contribution in [1.82, 2.24) is 4.90 Å². The summed E-state index contributed by atoms with van der Waals surface area (Å²) in [7, 11) is 1.42. The van der Waals surface area contributed by atoms with Crippen LogP contribution in [-0.2, 0) is 9.53 Å². The molecule has 0 aromatic carbocycles. The molecule has 0 heterocycles. The van der Waals surface area contributed by atoms with Crippen molar-refractivity contribution in [3.63, 3.8) is 0 Å². The zero-order valence-corrected chi connectivity index (χ0v) is 8.94. The first-order valence-corrected chi connectivity index (χ1v) is 5.19. The first-order valence-electron chi connectivity index (χ1n) is 5.19. The van der Waals surface area contributed by atoms with Crippen LogP contribution in [0.2, 0.25) is 0 Å². The smallest absolute Gasteiger partial charge is 0.410 e. The number of carbonyl (C=O) groups excluding carboxylic acids is 1. The van der Waals surface area contributed by atoms with Gasteiger partial charge in [-0.1, -0.05) is 12.8 Å². The lowest BCUT2D eigenvalue weighted by atomic mass is 10.1. The zero-order chi connectivity index (χ0) is 11.3. The van der Waals surface area contributed by atoms with Gasteiger partial charge in [-0.2, -0.15) is 0 Å². The lowest BCUT2D eigenvalue weighted by Gasteiger charge is -2.16. The van der Waals surface area contributed by atoms with Crippen molar-refractivity contribution in [2.24, 2.45) is 5.92 Å². The van der Waals surface area contributed by atoms with Gasteiger partial charge in [-0.05, 0) is 18.8 Å². The van der Waals surface area contributed by atoms with Crippen molar-refractivity contribution in [3.05, 3.63) is 0 Å². The van der Waals surface area contributed by atoms with E-state index in [0.29, 0.717) is 12.5 Å². The molecule has 5 heteroatoms. The summed E-state index contributed by atoms with van der Waals surface area (Å²) in [4.78, 5) is 22.7. The van der Waals surface area contributed by atoms with Gasteiger partial charge in [0.1, 0.15) is 6.54 Å². The average Bonchev–Trinajstić information content (AvgIpc) is 2.65. The molecule has 1 rings (SSSR count). The van der Waals surface area contributed by atoms with Gasteiger partial charge in [0.15, 0.2) is 0 Å². The molecule has 0 aliphatic heterocycles. The number of carboxylic acids is 1. The Morgan fingerprint density at radius 3 is 2.53 bits per heavy atom. The highest BCUT2D eigenvalue weighted by molar-refractivity contribution is 5.76. The summed E-state index contributed by atoms with van der Waals surface area (Å²) in [6.45, 7) is 0.103. The maximum atomic E-state index is 11.3. The van der Waals surface area contributed by atoms with Crippen LogP contribution in [0.5, 0.6) is 0 Å². The summed E-state index contributed by atoms with van der Waals surface area (Å²) in [5.41, 5.74) is 0. The van der Waals surface area contributed by atoms with Gasteiger partial charge in [-0.25, -0.2) is 4.79 Å². The lowest BCUT2D eigenvalue weighted by molar-refractivity contribution is -0.137. The standard InChI is InChI=1S/C10H17NO4/c1-11(6-9(12)13)10(14)15-7-8-4-2-3-5-8/h8H,2-7H2,1H3,(H,12,13). The molecule has 0 aromatic heterocycles. The number of nitrogens with zero attached hydrogens (tertiary/aromatic N) is 1. The van der Waals surface area contributed by atoms with Gasteiger partial charge >= 0.3 is 12.1 Å². The zero-order valence-electron chi connectivity index (χ0n) is 8.94. The van der Waals surface area contributed by atoms with Crippen LogP contribution in [0.15, 0.2) is 0 Å². The number of carbonyl (C=O) groups is 2. The molecule has 0 aromatic rings. The normalized spacial score (nSPS) is 16.3. The minimum atomic E-state index is -1.03. The highest BCUT2D eigenvalue weighted by Crippen LogP contribution is 2.24. The van der Waals surface area contributed by atoms with Gasteiger partial charge in [-0.15, -0.1) is 0 Å². The van der Waals surface area contributed by atoms with Gasteiger partial charge < -0.3 is 14.7 Å². The highest BCUT2D eigenvalue weighted by Gasteiger charge is 2.19. The average molecular weight is 215 g/mol. The second-order valence-corrected chi connectivity index (χ2v) is 3.98. The molecule has 1 aliphatic rings. The Labute approximate surface area is 89.0 Å². The summed E-state index contributed by atoms with van der Waals surface area (Å²) in [6.07, 6.45) is 4.07. The van der Waals surface area contributed by atoms with Crippen LogP contribution in [0.3, 0.4) is 0 Å². The Kier molecular flexibility index (Phi) is 4.39. The molecule has 0 atom stereocenters. The van der Waals surface area contributed by atoms with E-state index in [2.05, 4.69) is 0 Å². The minimum absolute atomic E-state index is 0.316. The minimum Gasteiger partial charge on any atom is -0.480 e. The number of rotatable bonds is 4. The van der Waals surface area contributed by atoms with E-state index in [1.54, 1.807) is 0 Å². The summed E-state index contributed by atoms with van der Waals surface area (Å²) in [5, 5.41) is 8.46. The van der Waals surface area contributed by atoms with Crippen molar-refractivity contribution in [2.75, 3.05) is 20.2 Å². The molecular weight excluding hydrogens is 198 g/mol. The third-order valence-corrected chi connectivity index (χ3v) is 2.60. The largest absolute Gasteiger partial charge is 0.480 e. The first kappa shape index (κ1) is 11.8. The summed E-state index contributed by atoms with van der Waals surface area (Å²) in [5.74, 6) is -0.567. The molecule has 1 aliphatic carbocycles. The molecule has 86 valence electrons. The predicted molar refractivity (Wildman–Crippen MR) is 53.6 cm³/mol. The summed E-state index contributed by atoms with van der Waals surface area (Å²) in [6, 6.07) is 0. The number of hydrogen-bond donors (Lipinski definition) is 1. The second-order valence-electron chi connectivity index (χ2n) is 3.98. The van der Waals surface area contributed by atoms with E-state index in [1.165, 1.54) is 19.9 Å². The van der Waals surface area contributed by atoms with Crippen LogP contribution < -0.4 is 0 Å². The van der Waals surface area contributed by atoms with Gasteiger partial charge in [0.05, 0.1) is 6.61 Å². The van der Waals surface area contributed by atoms with Crippen molar-refractivity contribution < 1.29 is 19.4 Å². The van der Waals surface area contributed by atoms with Gasteiger partial charge in [0, 0.05) is 7.05 Å². The van der Waals surface area contributed by atoms with Gasteiger partial charge in [0.25, 0.3) is 0 Å². The van der Waals surface area contributed by atoms with E-state index in [-0.39, 0.29) is 6.54 Å². The topological polar surface area (TPSA) is 66.8 Å². The number of ether oxygens (including phenoxy) is 1. The third-order valence-electron chi connectivity index (χ3n) is 2.60. The predicted octanol–water partition coefficient (Wildman–Crippen LogP) is 1.33. The summed E-state index contributed by atoms with van der Waals surface area (Å²) < 4.78 is 5.01. The van der Waals surface area contributed by atoms with Crippen LogP contribution in [0.4, 0.5) is 4.79 Å². The first-order chi connectivity index (χ1) is 7.09. The van der Waals surface area contributed by atoms with Crippen LogP contribution >= 0.6 is 0 Å². The van der Waals surface area contributed by atoms with E-state index in [4.69, 9.17) is 9.84 Å². The number of aliphatic carboxylic acids is 1. The van der Waals surface area contributed by atoms with Crippen molar-refractivity contribution >= 4 is 12.1 Å². The Morgan fingerprint density at radius 1 is 1.40 bits per heavy atom. The molecule has 0 saturated heterocycles. The fourth-order valence-electron chi connectivity index (χ4n) is 1.74. The van der Waals surface area contributed by atoms with Crippen molar-refractivity contribution in [2.45, 2.75) is 25.7 Å². The number of likely N-dealkylation sites (N-methyl/N-ethyl adjacent to an activating group) is 1. The van der Waals surface area contributed by atoms with Crippen LogP contribution in [-0.4, -0.2) is 42.3 Å². The molecule has 1 N–H and O–H groups in total. The number of amides is 1. The maximum absolute atomic E-state index is 11.3. The van der Waals surface area contributed by atoms with E-state index < -0.39 is 12.1 Å². The molecular formula is C10H17NO4. The maximum Gasteiger partial charge on any atom is 0.410 e. The lowest BCUT2D eigenvalue weighted by Crippen LogP contribution is -2.33. The van der Waals surface area contributed by atoms with E-state index in [1.807, 2.05) is 0 Å². The van der Waals surface area contributed by atoms with Crippen LogP contribution in [0.1, 0.15) is 25.7 Å². The van der Waals surface area contributed by atoms with E-state index in [9.17, 15) is 9.59 Å². The molecule has 0 radical (unpaired) electrons. The molecule has 0 spiro atoms. The Balaban J connectivity index is 2.19. The molecule has 1 saturated carbocycles. The fraction of sp³-hybridized carbons (Fsp3) is 0.800. The SMILES string of the molecule is CN(CC(=O)O)C(=O)OCC1CCCC1. The van der Waals surface area contributed by atoms with Crippen molar-refractivity contribution in [1.29, 1.82) is 0 Å². The number of carboxylic acid groups (broad SMARTS) is 1. The van der Waals surface area contributed by atoms with Gasteiger partial charge in [0.2, 0.25) is 0 Å². The molecule has 1 fully saturated rings. The monoisotopic (exact) mass is 215 g/mol. The van der Waals surface area contributed by atoms with E-state index in [0.717, 1.165) is 17.7 Å². The summed E-state index contributed by atoms with van der Waals surface area (Å²) >= 11 is 0. The number of hydrogen-bond acceptors (Lipinski definition) is 3. The molecule has 0 unspecified atom stereocenters. The fourth-order valence-corrected chi connectivity index (χ4v) is 1.74. The Hall–Kier alpha value is -1.26. The highest BCUT2D eigenvalue weighted by atomic mass is 16.6. The molecule has 5 nitrogen and oxygen atoms in total. The van der Waals surface area contributed by atoms with Gasteiger partial charge in [-0.3, -0.25) is 4.79 Å². The Morgan fingerprint density at radius 2 is 2.00 bits per heavy atom. The van der Waals surface area contributed by atoms with E-state index >= 15 is 0 Å². The Bertz CT molecular complexity index is 236. The van der Waals surface area contributed by atoms with Crippen LogP contribution in [0.25, 0.3) is 0 Å².